The number of rotatable bonds is 7. The number of H-pyrrole nitrogens is 1. The summed E-state index contributed by atoms with van der Waals surface area (Å²) in [6.07, 6.45) is 0. The van der Waals surface area contributed by atoms with Gasteiger partial charge in [0.15, 0.2) is 11.6 Å². The first-order valence-corrected chi connectivity index (χ1v) is 13.9. The summed E-state index contributed by atoms with van der Waals surface area (Å²) in [5, 5.41) is 0. The normalized spacial score (nSPS) is 11.0. The van der Waals surface area contributed by atoms with Gasteiger partial charge in [-0.1, -0.05) is 121 Å². The van der Waals surface area contributed by atoms with Gasteiger partial charge in [0.2, 0.25) is 0 Å². The standard InChI is InChI=1S/C37H28N4O/c1-42-31-24-22-30(23-25-31)41-35(29-20-12-5-13-21-29)34(28-18-10-4-11-19-28)40-37(41)36-38-32(26-14-6-2-7-15-26)33(39-36)27-16-8-3-9-17-27/h2-25H,1H3,(H,38,39). The van der Waals surface area contributed by atoms with Gasteiger partial charge in [-0.05, 0) is 24.3 Å². The lowest BCUT2D eigenvalue weighted by molar-refractivity contribution is 0.415. The molecule has 0 fully saturated rings. The van der Waals surface area contributed by atoms with Gasteiger partial charge < -0.3 is 9.72 Å². The van der Waals surface area contributed by atoms with Crippen LogP contribution in [0.25, 0.3) is 62.4 Å². The third kappa shape index (κ3) is 4.67. The topological polar surface area (TPSA) is 55.7 Å². The van der Waals surface area contributed by atoms with Crippen LogP contribution in [0.3, 0.4) is 0 Å². The first kappa shape index (κ1) is 25.3. The third-order valence-electron chi connectivity index (χ3n) is 7.33. The molecule has 5 aromatic carbocycles. The molecule has 0 amide bonds. The van der Waals surface area contributed by atoms with Gasteiger partial charge in [0.1, 0.15) is 5.75 Å². The Bertz CT molecular complexity index is 1870. The molecule has 7 rings (SSSR count). The highest BCUT2D eigenvalue weighted by Crippen LogP contribution is 2.40. The summed E-state index contributed by atoms with van der Waals surface area (Å²) in [5.41, 5.74) is 8.84. The van der Waals surface area contributed by atoms with E-state index in [1.54, 1.807) is 7.11 Å². The first-order chi connectivity index (χ1) is 20.8. The minimum Gasteiger partial charge on any atom is -0.497 e. The number of methoxy groups -OCH3 is 1. The summed E-state index contributed by atoms with van der Waals surface area (Å²) in [7, 11) is 1.68. The van der Waals surface area contributed by atoms with Crippen molar-refractivity contribution in [3.05, 3.63) is 146 Å². The quantitative estimate of drug-likeness (QED) is 0.218. The minimum absolute atomic E-state index is 0.683. The van der Waals surface area contributed by atoms with Gasteiger partial charge in [-0.15, -0.1) is 0 Å². The molecule has 202 valence electrons. The van der Waals surface area contributed by atoms with Crippen molar-refractivity contribution in [2.24, 2.45) is 0 Å². The van der Waals surface area contributed by atoms with Crippen LogP contribution >= 0.6 is 0 Å². The van der Waals surface area contributed by atoms with E-state index < -0.39 is 0 Å². The van der Waals surface area contributed by atoms with Crippen LogP contribution in [-0.4, -0.2) is 26.6 Å². The largest absolute Gasteiger partial charge is 0.497 e. The molecule has 2 heterocycles. The molecule has 0 aliphatic carbocycles. The highest BCUT2D eigenvalue weighted by Gasteiger charge is 2.25. The molecule has 2 aromatic heterocycles. The van der Waals surface area contributed by atoms with Crippen LogP contribution in [0, 0.1) is 0 Å². The Labute approximate surface area is 244 Å². The molecule has 0 radical (unpaired) electrons. The number of hydrogen-bond acceptors (Lipinski definition) is 3. The molecule has 0 spiro atoms. The van der Waals surface area contributed by atoms with E-state index in [9.17, 15) is 0 Å². The van der Waals surface area contributed by atoms with Crippen molar-refractivity contribution < 1.29 is 4.74 Å². The van der Waals surface area contributed by atoms with Crippen LogP contribution in [0.1, 0.15) is 0 Å². The molecule has 0 aliphatic heterocycles. The Hall–Kier alpha value is -5.68. The molecule has 1 N–H and O–H groups in total. The molecule has 0 unspecified atom stereocenters. The van der Waals surface area contributed by atoms with Crippen molar-refractivity contribution in [2.75, 3.05) is 7.11 Å². The van der Waals surface area contributed by atoms with E-state index in [1.165, 1.54) is 0 Å². The first-order valence-electron chi connectivity index (χ1n) is 13.9. The van der Waals surface area contributed by atoms with Crippen molar-refractivity contribution in [3.8, 4) is 68.1 Å². The number of nitrogens with zero attached hydrogens (tertiary/aromatic N) is 3. The van der Waals surface area contributed by atoms with E-state index in [-0.39, 0.29) is 0 Å². The monoisotopic (exact) mass is 544 g/mol. The summed E-state index contributed by atoms with van der Waals surface area (Å²) in [5.74, 6) is 2.20. The number of aromatic amines is 1. The number of nitrogens with one attached hydrogen (secondary N) is 1. The zero-order valence-corrected chi connectivity index (χ0v) is 23.1. The van der Waals surface area contributed by atoms with Crippen LogP contribution in [0.15, 0.2) is 146 Å². The average molecular weight is 545 g/mol. The van der Waals surface area contributed by atoms with Crippen molar-refractivity contribution >= 4 is 0 Å². The second-order valence-electron chi connectivity index (χ2n) is 9.94. The molecule has 5 nitrogen and oxygen atoms in total. The SMILES string of the molecule is COc1ccc(-n2c(-c3nc(-c4ccccc4)c(-c4ccccc4)[nH]3)nc(-c3ccccc3)c2-c2ccccc2)cc1. The third-order valence-corrected chi connectivity index (χ3v) is 7.33. The van der Waals surface area contributed by atoms with Gasteiger partial charge >= 0.3 is 0 Å². The average Bonchev–Trinajstić information content (AvgIpc) is 3.70. The Balaban J connectivity index is 1.54. The van der Waals surface area contributed by atoms with Gasteiger partial charge in [0.05, 0.1) is 29.9 Å². The molecule has 0 saturated heterocycles. The van der Waals surface area contributed by atoms with Crippen LogP contribution in [-0.2, 0) is 0 Å². The Kier molecular flexibility index (Phi) is 6.66. The zero-order valence-electron chi connectivity index (χ0n) is 23.1. The lowest BCUT2D eigenvalue weighted by Gasteiger charge is -2.13. The lowest BCUT2D eigenvalue weighted by atomic mass is 10.0. The fraction of sp³-hybridized carbons (Fsp3) is 0.0270. The van der Waals surface area contributed by atoms with Crippen LogP contribution < -0.4 is 4.74 Å². The molecular weight excluding hydrogens is 516 g/mol. The highest BCUT2D eigenvalue weighted by atomic mass is 16.5. The van der Waals surface area contributed by atoms with Crippen molar-refractivity contribution in [1.29, 1.82) is 0 Å². The van der Waals surface area contributed by atoms with Gasteiger partial charge in [-0.2, -0.15) is 0 Å². The van der Waals surface area contributed by atoms with Crippen molar-refractivity contribution in [2.45, 2.75) is 0 Å². The minimum atomic E-state index is 0.683. The van der Waals surface area contributed by atoms with Gasteiger partial charge in [-0.25, -0.2) is 9.97 Å². The molecular formula is C37H28N4O. The van der Waals surface area contributed by atoms with E-state index in [0.717, 1.165) is 62.3 Å². The summed E-state index contributed by atoms with van der Waals surface area (Å²) in [6.45, 7) is 0. The molecule has 0 atom stereocenters. The van der Waals surface area contributed by atoms with Crippen molar-refractivity contribution in [3.63, 3.8) is 0 Å². The maximum atomic E-state index is 5.48. The predicted molar refractivity (Wildman–Crippen MR) is 169 cm³/mol. The van der Waals surface area contributed by atoms with E-state index in [0.29, 0.717) is 5.82 Å². The Morgan fingerprint density at radius 2 is 1.02 bits per heavy atom. The molecule has 0 saturated carbocycles. The lowest BCUT2D eigenvalue weighted by Crippen LogP contribution is -2.01. The maximum absolute atomic E-state index is 5.48. The summed E-state index contributed by atoms with van der Waals surface area (Å²) in [4.78, 5) is 14.2. The molecule has 5 heteroatoms. The Morgan fingerprint density at radius 3 is 1.57 bits per heavy atom. The highest BCUT2D eigenvalue weighted by molar-refractivity contribution is 5.85. The molecule has 7 aromatic rings. The number of benzene rings is 5. The summed E-state index contributed by atoms with van der Waals surface area (Å²) in [6, 6.07) is 49.4. The fourth-order valence-corrected chi connectivity index (χ4v) is 5.32. The van der Waals surface area contributed by atoms with Gasteiger partial charge in [-0.3, -0.25) is 4.57 Å². The van der Waals surface area contributed by atoms with Crippen LogP contribution in [0.2, 0.25) is 0 Å². The molecule has 0 aliphatic rings. The van der Waals surface area contributed by atoms with E-state index in [1.807, 2.05) is 72.8 Å². The number of hydrogen-bond donors (Lipinski definition) is 1. The summed E-state index contributed by atoms with van der Waals surface area (Å²) >= 11 is 0. The van der Waals surface area contributed by atoms with Gasteiger partial charge in [0, 0.05) is 27.9 Å². The van der Waals surface area contributed by atoms with Crippen molar-refractivity contribution in [1.82, 2.24) is 19.5 Å². The molecule has 0 bridgehead atoms. The predicted octanol–water partition coefficient (Wildman–Crippen LogP) is 8.94. The van der Waals surface area contributed by atoms with Crippen LogP contribution in [0.4, 0.5) is 0 Å². The number of aromatic nitrogens is 4. The van der Waals surface area contributed by atoms with E-state index >= 15 is 0 Å². The van der Waals surface area contributed by atoms with Crippen LogP contribution in [0.5, 0.6) is 5.75 Å². The smallest absolute Gasteiger partial charge is 0.182 e. The zero-order chi connectivity index (χ0) is 28.3. The number of imidazole rings is 2. The maximum Gasteiger partial charge on any atom is 0.182 e. The second kappa shape index (κ2) is 11.1. The Morgan fingerprint density at radius 1 is 0.524 bits per heavy atom. The van der Waals surface area contributed by atoms with E-state index in [2.05, 4.69) is 82.3 Å². The van der Waals surface area contributed by atoms with E-state index in [4.69, 9.17) is 14.7 Å². The molecule has 42 heavy (non-hydrogen) atoms. The number of ether oxygens (including phenoxy) is 1. The fourth-order valence-electron chi connectivity index (χ4n) is 5.32. The summed E-state index contributed by atoms with van der Waals surface area (Å²) < 4.78 is 7.68. The van der Waals surface area contributed by atoms with Gasteiger partial charge in [0.25, 0.3) is 0 Å². The second-order valence-corrected chi connectivity index (χ2v) is 9.94.